The molecule has 0 radical (unpaired) electrons. The Hall–Kier alpha value is -1.19. The van der Waals surface area contributed by atoms with E-state index >= 15 is 0 Å². The molecule has 0 aliphatic heterocycles. The Morgan fingerprint density at radius 3 is 2.37 bits per heavy atom. The minimum Gasteiger partial charge on any atom is -0.283 e. The van der Waals surface area contributed by atoms with Gasteiger partial charge >= 0.3 is 0 Å². The lowest BCUT2D eigenvalue weighted by molar-refractivity contribution is 0.591. The van der Waals surface area contributed by atoms with Crippen LogP contribution in [0.3, 0.4) is 0 Å². The molecule has 1 fully saturated rings. The summed E-state index contributed by atoms with van der Waals surface area (Å²) in [7, 11) is -7.69. The zero-order valence-corrected chi connectivity index (χ0v) is 11.5. The molecule has 3 N–H and O–H groups in total. The van der Waals surface area contributed by atoms with Crippen LogP contribution >= 0.6 is 0 Å². The third kappa shape index (κ3) is 4.15. The number of primary sulfonamides is 1. The summed E-state index contributed by atoms with van der Waals surface area (Å²) in [5.74, 6) is -0.798. The number of nitrogens with one attached hydrogen (secondary N) is 1. The van der Waals surface area contributed by atoms with Crippen molar-refractivity contribution in [3.8, 4) is 0 Å². The fourth-order valence-electron chi connectivity index (χ4n) is 1.60. The minimum absolute atomic E-state index is 0.0474. The molecule has 106 valence electrons. The van der Waals surface area contributed by atoms with Gasteiger partial charge in [0, 0.05) is 0 Å². The number of hydrogen-bond acceptors (Lipinski definition) is 4. The van der Waals surface area contributed by atoms with Crippen LogP contribution in [-0.2, 0) is 20.0 Å². The molecule has 1 aromatic rings. The van der Waals surface area contributed by atoms with Crippen molar-refractivity contribution in [1.29, 1.82) is 0 Å². The van der Waals surface area contributed by atoms with Gasteiger partial charge in [0.15, 0.2) is 0 Å². The van der Waals surface area contributed by atoms with E-state index < -0.39 is 30.8 Å². The fraction of sp³-hybridized carbons (Fsp3) is 0.400. The van der Waals surface area contributed by atoms with Crippen LogP contribution in [0.15, 0.2) is 23.1 Å². The molecule has 0 spiro atoms. The second-order valence-electron chi connectivity index (χ2n) is 4.55. The molecule has 0 heterocycles. The van der Waals surface area contributed by atoms with Crippen LogP contribution in [0.25, 0.3) is 0 Å². The first-order chi connectivity index (χ1) is 8.66. The van der Waals surface area contributed by atoms with E-state index in [9.17, 15) is 21.2 Å². The van der Waals surface area contributed by atoms with Crippen LogP contribution in [0.2, 0.25) is 0 Å². The molecule has 0 saturated heterocycles. The van der Waals surface area contributed by atoms with Crippen LogP contribution in [0.1, 0.15) is 12.8 Å². The van der Waals surface area contributed by atoms with Crippen molar-refractivity contribution >= 4 is 25.7 Å². The summed E-state index contributed by atoms with van der Waals surface area (Å²) in [5, 5.41) is 4.88. The number of rotatable bonds is 5. The second-order valence-corrected chi connectivity index (χ2v) is 7.88. The Labute approximate surface area is 110 Å². The normalized spacial score (nSPS) is 16.3. The molecule has 19 heavy (non-hydrogen) atoms. The van der Waals surface area contributed by atoms with E-state index in [-0.39, 0.29) is 17.4 Å². The van der Waals surface area contributed by atoms with E-state index in [0.717, 1.165) is 31.0 Å². The first-order valence-electron chi connectivity index (χ1n) is 5.50. The molecule has 0 bridgehead atoms. The Balaban J connectivity index is 2.27. The zero-order chi connectivity index (χ0) is 14.3. The maximum atomic E-state index is 13.3. The molecule has 0 unspecified atom stereocenters. The van der Waals surface area contributed by atoms with E-state index in [1.807, 2.05) is 0 Å². The quantitative estimate of drug-likeness (QED) is 0.831. The first-order valence-corrected chi connectivity index (χ1v) is 8.69. The summed E-state index contributed by atoms with van der Waals surface area (Å²) in [6.45, 7) is 0. The summed E-state index contributed by atoms with van der Waals surface area (Å²) in [4.78, 5) is -0.475. The second kappa shape index (κ2) is 4.73. The van der Waals surface area contributed by atoms with Gasteiger partial charge in [0.05, 0.1) is 16.3 Å². The summed E-state index contributed by atoms with van der Waals surface area (Å²) >= 11 is 0. The molecule has 0 atom stereocenters. The first kappa shape index (κ1) is 14.2. The minimum atomic E-state index is -4.09. The van der Waals surface area contributed by atoms with Gasteiger partial charge in [-0.3, -0.25) is 4.72 Å². The van der Waals surface area contributed by atoms with Crippen molar-refractivity contribution in [3.63, 3.8) is 0 Å². The monoisotopic (exact) mass is 308 g/mol. The maximum Gasteiger partial charge on any atom is 0.238 e. The smallest absolute Gasteiger partial charge is 0.238 e. The van der Waals surface area contributed by atoms with E-state index in [2.05, 4.69) is 4.72 Å². The van der Waals surface area contributed by atoms with Crippen molar-refractivity contribution in [1.82, 2.24) is 0 Å². The number of sulfonamides is 2. The van der Waals surface area contributed by atoms with Gasteiger partial charge < -0.3 is 0 Å². The molecule has 1 aliphatic rings. The number of hydrogen-bond donors (Lipinski definition) is 2. The molecule has 0 amide bonds. The topological polar surface area (TPSA) is 106 Å². The highest BCUT2D eigenvalue weighted by Crippen LogP contribution is 2.30. The average molecular weight is 308 g/mol. The van der Waals surface area contributed by atoms with Crippen molar-refractivity contribution in [3.05, 3.63) is 24.0 Å². The molecule has 1 aliphatic carbocycles. The van der Waals surface area contributed by atoms with Crippen LogP contribution in [0.5, 0.6) is 0 Å². The number of nitrogens with two attached hydrogens (primary N) is 1. The summed E-state index contributed by atoms with van der Waals surface area (Å²) < 4.78 is 61.1. The molecule has 0 aromatic heterocycles. The van der Waals surface area contributed by atoms with Crippen LogP contribution in [-0.4, -0.2) is 22.6 Å². The van der Waals surface area contributed by atoms with Gasteiger partial charge in [-0.15, -0.1) is 0 Å². The lowest BCUT2D eigenvalue weighted by atomic mass is 10.3. The lowest BCUT2D eigenvalue weighted by Gasteiger charge is -2.09. The van der Waals surface area contributed by atoms with Gasteiger partial charge in [-0.25, -0.2) is 26.4 Å². The average Bonchev–Trinajstić information content (AvgIpc) is 2.97. The molecular weight excluding hydrogens is 295 g/mol. The van der Waals surface area contributed by atoms with Crippen molar-refractivity contribution in [2.24, 2.45) is 11.1 Å². The van der Waals surface area contributed by atoms with Crippen LogP contribution in [0.4, 0.5) is 10.1 Å². The molecular formula is C10H13FN2O4S2. The predicted molar refractivity (Wildman–Crippen MR) is 67.9 cm³/mol. The van der Waals surface area contributed by atoms with Crippen LogP contribution in [0, 0.1) is 11.7 Å². The Kier molecular flexibility index (Phi) is 3.54. The van der Waals surface area contributed by atoms with Gasteiger partial charge in [-0.1, -0.05) is 0 Å². The standard InChI is InChI=1S/C10H13FN2O4S2/c11-8-3-9(5-10(4-8)19(12,16)17)13-18(14,15)6-7-1-2-7/h3-5,7,13H,1-2,6H2,(H2,12,16,17). The van der Waals surface area contributed by atoms with E-state index in [0.29, 0.717) is 0 Å². The number of benzene rings is 1. The highest BCUT2D eigenvalue weighted by Gasteiger charge is 2.28. The SMILES string of the molecule is NS(=O)(=O)c1cc(F)cc(NS(=O)(=O)CC2CC2)c1. The Morgan fingerprint density at radius 1 is 1.21 bits per heavy atom. The van der Waals surface area contributed by atoms with Gasteiger partial charge in [0.25, 0.3) is 0 Å². The zero-order valence-electron chi connectivity index (χ0n) is 9.84. The third-order valence-electron chi connectivity index (χ3n) is 2.63. The van der Waals surface area contributed by atoms with Gasteiger partial charge in [0.1, 0.15) is 5.82 Å². The largest absolute Gasteiger partial charge is 0.283 e. The van der Waals surface area contributed by atoms with Gasteiger partial charge in [0.2, 0.25) is 20.0 Å². The van der Waals surface area contributed by atoms with Crippen molar-refractivity contribution in [2.75, 3.05) is 10.5 Å². The van der Waals surface area contributed by atoms with Crippen LogP contribution < -0.4 is 9.86 Å². The fourth-order valence-corrected chi connectivity index (χ4v) is 3.68. The lowest BCUT2D eigenvalue weighted by Crippen LogP contribution is -2.19. The molecule has 2 rings (SSSR count). The maximum absolute atomic E-state index is 13.3. The number of halogens is 1. The predicted octanol–water partition coefficient (Wildman–Crippen LogP) is 0.625. The number of anilines is 1. The molecule has 1 saturated carbocycles. The highest BCUT2D eigenvalue weighted by molar-refractivity contribution is 7.92. The van der Waals surface area contributed by atoms with Crippen molar-refractivity contribution < 1.29 is 21.2 Å². The molecule has 1 aromatic carbocycles. The van der Waals surface area contributed by atoms with Crippen molar-refractivity contribution in [2.45, 2.75) is 17.7 Å². The van der Waals surface area contributed by atoms with E-state index in [1.165, 1.54) is 0 Å². The Bertz CT molecular complexity index is 696. The van der Waals surface area contributed by atoms with E-state index in [1.54, 1.807) is 0 Å². The summed E-state index contributed by atoms with van der Waals surface area (Å²) in [5.41, 5.74) is -0.148. The third-order valence-corrected chi connectivity index (χ3v) is 4.97. The van der Waals surface area contributed by atoms with Gasteiger partial charge in [-0.2, -0.15) is 0 Å². The molecule has 6 nitrogen and oxygen atoms in total. The highest BCUT2D eigenvalue weighted by atomic mass is 32.2. The summed E-state index contributed by atoms with van der Waals surface area (Å²) in [6, 6.07) is 2.62. The van der Waals surface area contributed by atoms with Gasteiger partial charge in [-0.05, 0) is 37.0 Å². The summed E-state index contributed by atoms with van der Waals surface area (Å²) in [6.07, 6.45) is 1.71. The molecule has 9 heteroatoms. The van der Waals surface area contributed by atoms with E-state index in [4.69, 9.17) is 5.14 Å². The Morgan fingerprint density at radius 2 is 1.84 bits per heavy atom.